The van der Waals surface area contributed by atoms with Crippen molar-refractivity contribution >= 4 is 11.3 Å². The molecule has 1 nitrogen and oxygen atoms in total. The van der Waals surface area contributed by atoms with Crippen LogP contribution >= 0.6 is 11.3 Å². The van der Waals surface area contributed by atoms with Crippen molar-refractivity contribution in [1.29, 1.82) is 0 Å². The molecule has 1 atom stereocenters. The molecule has 84 valence electrons. The van der Waals surface area contributed by atoms with Gasteiger partial charge in [0.2, 0.25) is 0 Å². The van der Waals surface area contributed by atoms with Gasteiger partial charge in [0.1, 0.15) is 11.9 Å². The Kier molecular flexibility index (Phi) is 3.08. The molecule has 0 unspecified atom stereocenters. The van der Waals surface area contributed by atoms with Crippen LogP contribution in [0.25, 0.3) is 0 Å². The van der Waals surface area contributed by atoms with Crippen LogP contribution in [0, 0.1) is 19.7 Å². The van der Waals surface area contributed by atoms with E-state index in [-0.39, 0.29) is 5.82 Å². The van der Waals surface area contributed by atoms with E-state index in [1.807, 2.05) is 26.0 Å². The van der Waals surface area contributed by atoms with Gasteiger partial charge < -0.3 is 5.11 Å². The summed E-state index contributed by atoms with van der Waals surface area (Å²) in [5.74, 6) is -0.312. The van der Waals surface area contributed by atoms with Crippen LogP contribution in [0.5, 0.6) is 0 Å². The van der Waals surface area contributed by atoms with E-state index in [9.17, 15) is 9.50 Å². The van der Waals surface area contributed by atoms with Crippen molar-refractivity contribution in [1.82, 2.24) is 0 Å². The maximum absolute atomic E-state index is 13.1. The summed E-state index contributed by atoms with van der Waals surface area (Å²) >= 11 is 1.53. The van der Waals surface area contributed by atoms with E-state index in [1.165, 1.54) is 23.5 Å². The third-order valence-corrected chi connectivity index (χ3v) is 3.62. The molecule has 0 aliphatic rings. The predicted molar refractivity (Wildman–Crippen MR) is 64.3 cm³/mol. The molecule has 0 radical (unpaired) electrons. The minimum Gasteiger partial charge on any atom is -0.383 e. The van der Waals surface area contributed by atoms with E-state index in [2.05, 4.69) is 0 Å². The number of benzene rings is 1. The second-order valence-electron chi connectivity index (χ2n) is 3.85. The van der Waals surface area contributed by atoms with Gasteiger partial charge in [0, 0.05) is 9.75 Å². The maximum Gasteiger partial charge on any atom is 0.123 e. The molecule has 0 bridgehead atoms. The van der Waals surface area contributed by atoms with Crippen molar-refractivity contribution in [2.45, 2.75) is 20.0 Å². The van der Waals surface area contributed by atoms with Crippen LogP contribution in [-0.4, -0.2) is 5.11 Å². The second kappa shape index (κ2) is 4.36. The Bertz CT molecular complexity index is 504. The van der Waals surface area contributed by atoms with Gasteiger partial charge in [-0.3, -0.25) is 0 Å². The number of rotatable bonds is 2. The largest absolute Gasteiger partial charge is 0.383 e. The van der Waals surface area contributed by atoms with Crippen LogP contribution in [0.15, 0.2) is 30.3 Å². The lowest BCUT2D eigenvalue weighted by Gasteiger charge is -2.12. The van der Waals surface area contributed by atoms with Gasteiger partial charge in [-0.15, -0.1) is 11.3 Å². The standard InChI is InChI=1S/C13H13FOS/c1-8-3-5-10(14)7-11(8)13(15)12-6-4-9(2)16-12/h3-7,13,15H,1-2H3/t13-/m0/s1. The van der Waals surface area contributed by atoms with Crippen molar-refractivity contribution in [3.63, 3.8) is 0 Å². The zero-order chi connectivity index (χ0) is 11.7. The fourth-order valence-electron chi connectivity index (χ4n) is 1.66. The van der Waals surface area contributed by atoms with Crippen LogP contribution in [0.3, 0.4) is 0 Å². The number of halogens is 1. The first-order valence-electron chi connectivity index (χ1n) is 5.08. The molecule has 0 saturated heterocycles. The van der Waals surface area contributed by atoms with Crippen LogP contribution in [0.4, 0.5) is 4.39 Å². The van der Waals surface area contributed by atoms with E-state index >= 15 is 0 Å². The van der Waals surface area contributed by atoms with Crippen molar-refractivity contribution in [3.8, 4) is 0 Å². The Hall–Kier alpha value is -1.19. The van der Waals surface area contributed by atoms with E-state index in [4.69, 9.17) is 0 Å². The third-order valence-electron chi connectivity index (χ3n) is 2.57. The lowest BCUT2D eigenvalue weighted by Crippen LogP contribution is -2.00. The molecule has 0 saturated carbocycles. The molecule has 2 aromatic rings. The third kappa shape index (κ3) is 2.15. The Labute approximate surface area is 98.2 Å². The minimum absolute atomic E-state index is 0.312. The van der Waals surface area contributed by atoms with E-state index in [0.29, 0.717) is 5.56 Å². The number of hydrogen-bond acceptors (Lipinski definition) is 2. The van der Waals surface area contributed by atoms with Crippen LogP contribution in [-0.2, 0) is 0 Å². The summed E-state index contributed by atoms with van der Waals surface area (Å²) in [6.45, 7) is 3.86. The fourth-order valence-corrected chi connectivity index (χ4v) is 2.54. The fraction of sp³-hybridized carbons (Fsp3) is 0.231. The highest BCUT2D eigenvalue weighted by Crippen LogP contribution is 2.30. The first-order chi connectivity index (χ1) is 7.58. The van der Waals surface area contributed by atoms with Gasteiger partial charge in [0.25, 0.3) is 0 Å². The minimum atomic E-state index is -0.727. The summed E-state index contributed by atoms with van der Waals surface area (Å²) in [6, 6.07) is 8.33. The molecule has 3 heteroatoms. The van der Waals surface area contributed by atoms with Crippen LogP contribution < -0.4 is 0 Å². The second-order valence-corrected chi connectivity index (χ2v) is 5.17. The molecule has 0 fully saturated rings. The molecule has 1 aromatic heterocycles. The van der Waals surface area contributed by atoms with Crippen LogP contribution in [0.1, 0.15) is 27.0 Å². The summed E-state index contributed by atoms with van der Waals surface area (Å²) in [6.07, 6.45) is -0.727. The predicted octanol–water partition coefficient (Wildman–Crippen LogP) is 3.59. The first-order valence-corrected chi connectivity index (χ1v) is 5.90. The smallest absolute Gasteiger partial charge is 0.123 e. The monoisotopic (exact) mass is 236 g/mol. The Morgan fingerprint density at radius 3 is 2.56 bits per heavy atom. The molecule has 16 heavy (non-hydrogen) atoms. The van der Waals surface area contributed by atoms with Gasteiger partial charge in [-0.25, -0.2) is 4.39 Å². The molecule has 1 aromatic carbocycles. The molecular weight excluding hydrogens is 223 g/mol. The highest BCUT2D eigenvalue weighted by Gasteiger charge is 2.15. The number of aliphatic hydroxyl groups is 1. The molecule has 0 aliphatic carbocycles. The molecule has 0 amide bonds. The van der Waals surface area contributed by atoms with E-state index in [1.54, 1.807) is 6.07 Å². The lowest BCUT2D eigenvalue weighted by molar-refractivity contribution is 0.223. The van der Waals surface area contributed by atoms with Gasteiger partial charge in [-0.1, -0.05) is 6.07 Å². The molecular formula is C13H13FOS. The van der Waals surface area contributed by atoms with Gasteiger partial charge in [0.05, 0.1) is 0 Å². The summed E-state index contributed by atoms with van der Waals surface area (Å²) in [4.78, 5) is 1.99. The van der Waals surface area contributed by atoms with Crippen molar-refractivity contribution in [2.24, 2.45) is 0 Å². The number of thiophene rings is 1. The Balaban J connectivity index is 2.40. The number of hydrogen-bond donors (Lipinski definition) is 1. The van der Waals surface area contributed by atoms with Gasteiger partial charge in [-0.05, 0) is 49.2 Å². The van der Waals surface area contributed by atoms with Crippen molar-refractivity contribution in [2.75, 3.05) is 0 Å². The van der Waals surface area contributed by atoms with Crippen molar-refractivity contribution in [3.05, 3.63) is 57.0 Å². The topological polar surface area (TPSA) is 20.2 Å². The van der Waals surface area contributed by atoms with Crippen molar-refractivity contribution < 1.29 is 9.50 Å². The lowest BCUT2D eigenvalue weighted by atomic mass is 10.0. The van der Waals surface area contributed by atoms with Gasteiger partial charge in [0.15, 0.2) is 0 Å². The SMILES string of the molecule is Cc1ccc([C@@H](O)c2cc(F)ccc2C)s1. The number of aryl methyl sites for hydroxylation is 2. The van der Waals surface area contributed by atoms with Crippen LogP contribution in [0.2, 0.25) is 0 Å². The Morgan fingerprint density at radius 2 is 1.94 bits per heavy atom. The normalized spacial score (nSPS) is 12.8. The summed E-state index contributed by atoms with van der Waals surface area (Å²) < 4.78 is 13.1. The molecule has 1 heterocycles. The maximum atomic E-state index is 13.1. The summed E-state index contributed by atoms with van der Waals surface area (Å²) in [5, 5.41) is 10.2. The molecule has 0 aliphatic heterocycles. The summed E-state index contributed by atoms with van der Waals surface area (Å²) in [5.41, 5.74) is 1.54. The van der Waals surface area contributed by atoms with Gasteiger partial charge >= 0.3 is 0 Å². The summed E-state index contributed by atoms with van der Waals surface area (Å²) in [7, 11) is 0. The number of aliphatic hydroxyl groups excluding tert-OH is 1. The molecule has 0 spiro atoms. The average molecular weight is 236 g/mol. The van der Waals surface area contributed by atoms with Gasteiger partial charge in [-0.2, -0.15) is 0 Å². The molecule has 1 N–H and O–H groups in total. The zero-order valence-electron chi connectivity index (χ0n) is 9.20. The first kappa shape index (κ1) is 11.3. The highest BCUT2D eigenvalue weighted by atomic mass is 32.1. The zero-order valence-corrected chi connectivity index (χ0v) is 10.0. The molecule has 2 rings (SSSR count). The Morgan fingerprint density at radius 1 is 1.19 bits per heavy atom. The highest BCUT2D eigenvalue weighted by molar-refractivity contribution is 7.12. The van der Waals surface area contributed by atoms with E-state index < -0.39 is 6.10 Å². The average Bonchev–Trinajstić information content (AvgIpc) is 2.67. The van der Waals surface area contributed by atoms with E-state index in [0.717, 1.165) is 15.3 Å². The quantitative estimate of drug-likeness (QED) is 0.845.